The second-order valence-electron chi connectivity index (χ2n) is 4.17. The molecule has 1 unspecified atom stereocenters. The number of piperidine rings is 1. The number of Topliss-reactive ketones (excluding diaryl/α,β-unsaturated/α-hetero) is 1. The molecule has 1 saturated heterocycles. The fourth-order valence-electron chi connectivity index (χ4n) is 1.52. The van der Waals surface area contributed by atoms with Crippen molar-refractivity contribution in [2.45, 2.75) is 32.7 Å². The van der Waals surface area contributed by atoms with E-state index in [0.717, 1.165) is 6.42 Å². The van der Waals surface area contributed by atoms with Crippen molar-refractivity contribution in [2.75, 3.05) is 13.1 Å². The van der Waals surface area contributed by atoms with Gasteiger partial charge in [-0.3, -0.25) is 9.59 Å². The van der Waals surface area contributed by atoms with Gasteiger partial charge in [0.05, 0.1) is 12.6 Å². The second-order valence-corrected chi connectivity index (χ2v) is 4.17. The summed E-state index contributed by atoms with van der Waals surface area (Å²) in [6.07, 6.45) is 1.37. The summed E-state index contributed by atoms with van der Waals surface area (Å²) in [6, 6.07) is -0.471. The number of ketones is 1. The van der Waals surface area contributed by atoms with Gasteiger partial charge in [-0.15, -0.1) is 0 Å². The zero-order chi connectivity index (χ0) is 10.7. The van der Waals surface area contributed by atoms with E-state index in [1.165, 1.54) is 0 Å². The normalized spacial score (nSPS) is 20.0. The molecule has 1 rings (SSSR count). The lowest BCUT2D eigenvalue weighted by molar-refractivity contribution is -0.139. The number of nitrogens with two attached hydrogens (primary N) is 1. The minimum atomic E-state index is -0.471. The zero-order valence-electron chi connectivity index (χ0n) is 8.82. The smallest absolute Gasteiger partial charge is 0.240 e. The van der Waals surface area contributed by atoms with Gasteiger partial charge in [0.2, 0.25) is 5.91 Å². The van der Waals surface area contributed by atoms with E-state index < -0.39 is 6.04 Å². The van der Waals surface area contributed by atoms with E-state index in [-0.39, 0.29) is 24.2 Å². The minimum Gasteiger partial charge on any atom is -0.334 e. The summed E-state index contributed by atoms with van der Waals surface area (Å²) in [7, 11) is 0. The number of rotatable bonds is 2. The van der Waals surface area contributed by atoms with Crippen LogP contribution >= 0.6 is 0 Å². The van der Waals surface area contributed by atoms with Crippen LogP contribution in [0.25, 0.3) is 0 Å². The predicted molar refractivity (Wildman–Crippen MR) is 53.6 cm³/mol. The topological polar surface area (TPSA) is 63.4 Å². The van der Waals surface area contributed by atoms with Crippen molar-refractivity contribution in [3.63, 3.8) is 0 Å². The number of carbonyl (C=O) groups excluding carboxylic acids is 2. The number of likely N-dealkylation sites (tertiary alicyclic amines) is 1. The third-order valence-electron chi connectivity index (χ3n) is 2.57. The first kappa shape index (κ1) is 11.2. The van der Waals surface area contributed by atoms with Gasteiger partial charge in [0.25, 0.3) is 0 Å². The third-order valence-corrected chi connectivity index (χ3v) is 2.57. The molecule has 4 heteroatoms. The Morgan fingerprint density at radius 1 is 1.50 bits per heavy atom. The number of nitrogens with zero attached hydrogens (tertiary/aromatic N) is 1. The molecule has 1 aliphatic heterocycles. The van der Waals surface area contributed by atoms with Crippen molar-refractivity contribution in [1.29, 1.82) is 0 Å². The molecule has 2 N–H and O–H groups in total. The van der Waals surface area contributed by atoms with Gasteiger partial charge in [0.1, 0.15) is 0 Å². The highest BCUT2D eigenvalue weighted by molar-refractivity contribution is 5.89. The van der Waals surface area contributed by atoms with E-state index in [0.29, 0.717) is 13.0 Å². The van der Waals surface area contributed by atoms with Crippen LogP contribution in [0.4, 0.5) is 0 Å². The number of hydrogen-bond donors (Lipinski definition) is 1. The third kappa shape index (κ3) is 2.54. The molecule has 1 heterocycles. The van der Waals surface area contributed by atoms with E-state index in [1.54, 1.807) is 4.90 Å². The highest BCUT2D eigenvalue weighted by atomic mass is 16.2. The van der Waals surface area contributed by atoms with E-state index in [1.807, 2.05) is 13.8 Å². The molecule has 0 saturated carbocycles. The van der Waals surface area contributed by atoms with Gasteiger partial charge in [0, 0.05) is 13.0 Å². The number of carbonyl (C=O) groups is 2. The van der Waals surface area contributed by atoms with Crippen molar-refractivity contribution in [2.24, 2.45) is 11.7 Å². The molecule has 4 nitrogen and oxygen atoms in total. The molecule has 14 heavy (non-hydrogen) atoms. The van der Waals surface area contributed by atoms with Gasteiger partial charge in [-0.2, -0.15) is 0 Å². The molecular formula is C10H18N2O2. The van der Waals surface area contributed by atoms with Crippen LogP contribution in [0.15, 0.2) is 0 Å². The van der Waals surface area contributed by atoms with Crippen LogP contribution in [0.5, 0.6) is 0 Å². The fourth-order valence-corrected chi connectivity index (χ4v) is 1.52. The Kier molecular flexibility index (Phi) is 3.63. The second kappa shape index (κ2) is 4.55. The van der Waals surface area contributed by atoms with Crippen LogP contribution in [-0.4, -0.2) is 35.7 Å². The number of hydrogen-bond acceptors (Lipinski definition) is 3. The molecular weight excluding hydrogens is 180 g/mol. The highest BCUT2D eigenvalue weighted by Gasteiger charge is 2.27. The highest BCUT2D eigenvalue weighted by Crippen LogP contribution is 2.09. The van der Waals surface area contributed by atoms with E-state index >= 15 is 0 Å². The van der Waals surface area contributed by atoms with E-state index in [9.17, 15) is 9.59 Å². The van der Waals surface area contributed by atoms with Crippen LogP contribution in [-0.2, 0) is 9.59 Å². The number of amides is 1. The van der Waals surface area contributed by atoms with Crippen LogP contribution < -0.4 is 5.73 Å². The average molecular weight is 198 g/mol. The molecule has 1 aliphatic rings. The van der Waals surface area contributed by atoms with E-state index in [2.05, 4.69) is 0 Å². The molecule has 0 aromatic rings. The van der Waals surface area contributed by atoms with Crippen molar-refractivity contribution in [3.05, 3.63) is 0 Å². The Balaban J connectivity index is 2.55. The van der Waals surface area contributed by atoms with Crippen molar-refractivity contribution >= 4 is 11.7 Å². The summed E-state index contributed by atoms with van der Waals surface area (Å²) >= 11 is 0. The SMILES string of the molecule is CC(C)C(N)C(=O)N1CCCC(=O)C1. The first-order valence-corrected chi connectivity index (χ1v) is 5.08. The van der Waals surface area contributed by atoms with Gasteiger partial charge < -0.3 is 10.6 Å². The molecule has 0 aliphatic carbocycles. The molecule has 1 fully saturated rings. The molecule has 0 radical (unpaired) electrons. The first-order chi connectivity index (χ1) is 6.52. The molecule has 0 bridgehead atoms. The largest absolute Gasteiger partial charge is 0.334 e. The summed E-state index contributed by atoms with van der Waals surface area (Å²) in [5, 5.41) is 0. The Hall–Kier alpha value is -0.900. The van der Waals surface area contributed by atoms with Crippen LogP contribution in [0, 0.1) is 5.92 Å². The Morgan fingerprint density at radius 2 is 2.14 bits per heavy atom. The maximum absolute atomic E-state index is 11.7. The van der Waals surface area contributed by atoms with Gasteiger partial charge in [-0.1, -0.05) is 13.8 Å². The average Bonchev–Trinajstić information content (AvgIpc) is 2.15. The molecule has 0 spiro atoms. The fraction of sp³-hybridized carbons (Fsp3) is 0.800. The maximum Gasteiger partial charge on any atom is 0.240 e. The molecule has 1 amide bonds. The van der Waals surface area contributed by atoms with Crippen LogP contribution in [0.2, 0.25) is 0 Å². The minimum absolute atomic E-state index is 0.0898. The van der Waals surface area contributed by atoms with Crippen molar-refractivity contribution in [1.82, 2.24) is 4.90 Å². The molecule has 80 valence electrons. The van der Waals surface area contributed by atoms with Gasteiger partial charge in [-0.05, 0) is 12.3 Å². The lowest BCUT2D eigenvalue weighted by Crippen LogP contribution is -2.50. The summed E-state index contributed by atoms with van der Waals surface area (Å²) in [5.74, 6) is 0.174. The van der Waals surface area contributed by atoms with Crippen LogP contribution in [0.3, 0.4) is 0 Å². The van der Waals surface area contributed by atoms with Crippen molar-refractivity contribution < 1.29 is 9.59 Å². The first-order valence-electron chi connectivity index (χ1n) is 5.08. The monoisotopic (exact) mass is 198 g/mol. The molecule has 0 aromatic carbocycles. The Labute approximate surface area is 84.4 Å². The summed E-state index contributed by atoms with van der Waals surface area (Å²) in [6.45, 7) is 4.74. The van der Waals surface area contributed by atoms with Gasteiger partial charge >= 0.3 is 0 Å². The van der Waals surface area contributed by atoms with E-state index in [4.69, 9.17) is 5.73 Å². The standard InChI is InChI=1S/C10H18N2O2/c1-7(2)9(11)10(14)12-5-3-4-8(13)6-12/h7,9H,3-6,11H2,1-2H3. The Bertz CT molecular complexity index is 238. The lowest BCUT2D eigenvalue weighted by atomic mass is 10.0. The maximum atomic E-state index is 11.7. The zero-order valence-corrected chi connectivity index (χ0v) is 8.82. The summed E-state index contributed by atoms with van der Waals surface area (Å²) in [4.78, 5) is 24.4. The molecule has 1 atom stereocenters. The summed E-state index contributed by atoms with van der Waals surface area (Å²) in [5.41, 5.74) is 5.73. The van der Waals surface area contributed by atoms with Crippen LogP contribution in [0.1, 0.15) is 26.7 Å². The molecule has 0 aromatic heterocycles. The van der Waals surface area contributed by atoms with Gasteiger partial charge in [-0.25, -0.2) is 0 Å². The lowest BCUT2D eigenvalue weighted by Gasteiger charge is -2.29. The quantitative estimate of drug-likeness (QED) is 0.687. The predicted octanol–water partition coefficient (Wildman–Crippen LogP) is 0.161. The van der Waals surface area contributed by atoms with Gasteiger partial charge in [0.15, 0.2) is 5.78 Å². The Morgan fingerprint density at radius 3 is 2.64 bits per heavy atom. The van der Waals surface area contributed by atoms with Crippen molar-refractivity contribution in [3.8, 4) is 0 Å². The summed E-state index contributed by atoms with van der Waals surface area (Å²) < 4.78 is 0.